The van der Waals surface area contributed by atoms with Crippen molar-refractivity contribution in [3.05, 3.63) is 29.7 Å². The van der Waals surface area contributed by atoms with Crippen LogP contribution >= 0.6 is 11.3 Å². The average molecular weight is 222 g/mol. The van der Waals surface area contributed by atoms with Crippen LogP contribution in [-0.4, -0.2) is 26.0 Å². The normalized spacial score (nSPS) is 9.87. The van der Waals surface area contributed by atoms with E-state index in [-0.39, 0.29) is 4.88 Å². The Hall–Kier alpha value is -2.02. The Morgan fingerprint density at radius 2 is 2.20 bits per heavy atom. The molecule has 0 aliphatic heterocycles. The molecule has 0 saturated carbocycles. The van der Waals surface area contributed by atoms with E-state index in [4.69, 9.17) is 5.11 Å². The van der Waals surface area contributed by atoms with Crippen molar-refractivity contribution in [1.82, 2.24) is 15.0 Å². The summed E-state index contributed by atoms with van der Waals surface area (Å²) in [5.41, 5.74) is 0. The number of hydrogen-bond donors (Lipinski definition) is 2. The first kappa shape index (κ1) is 9.53. The van der Waals surface area contributed by atoms with Gasteiger partial charge in [-0.3, -0.25) is 4.98 Å². The number of carbonyl (C=O) groups is 1. The van der Waals surface area contributed by atoms with Gasteiger partial charge in [0, 0.05) is 12.4 Å². The fraction of sp³-hybridized carbons (Fsp3) is 0. The van der Waals surface area contributed by atoms with E-state index in [1.807, 2.05) is 0 Å². The molecule has 0 radical (unpaired) electrons. The largest absolute Gasteiger partial charge is 0.477 e. The van der Waals surface area contributed by atoms with Crippen LogP contribution in [0, 0.1) is 0 Å². The Kier molecular flexibility index (Phi) is 2.55. The molecular weight excluding hydrogens is 216 g/mol. The fourth-order valence-electron chi connectivity index (χ4n) is 0.904. The number of nitrogens with one attached hydrogen (secondary N) is 1. The van der Waals surface area contributed by atoms with Crippen molar-refractivity contribution in [1.29, 1.82) is 0 Å². The Bertz CT molecular complexity index is 471. The van der Waals surface area contributed by atoms with Crippen LogP contribution in [0.5, 0.6) is 0 Å². The molecule has 2 heterocycles. The summed E-state index contributed by atoms with van der Waals surface area (Å²) in [7, 11) is 0. The van der Waals surface area contributed by atoms with Gasteiger partial charge < -0.3 is 10.4 Å². The second kappa shape index (κ2) is 4.01. The van der Waals surface area contributed by atoms with Crippen LogP contribution in [0.15, 0.2) is 24.8 Å². The van der Waals surface area contributed by atoms with Crippen LogP contribution in [0.1, 0.15) is 9.67 Å². The van der Waals surface area contributed by atoms with E-state index in [2.05, 4.69) is 20.3 Å². The first-order chi connectivity index (χ1) is 7.25. The zero-order chi connectivity index (χ0) is 10.7. The van der Waals surface area contributed by atoms with Gasteiger partial charge in [-0.15, -0.1) is 0 Å². The molecule has 7 heteroatoms. The highest BCUT2D eigenvalue weighted by Crippen LogP contribution is 2.20. The van der Waals surface area contributed by atoms with Crippen LogP contribution in [-0.2, 0) is 0 Å². The number of carboxylic acids is 1. The molecule has 6 nitrogen and oxygen atoms in total. The minimum Gasteiger partial charge on any atom is -0.477 e. The average Bonchev–Trinajstić information content (AvgIpc) is 2.68. The SMILES string of the molecule is O=C(O)c1cnc(Nc2cnccn2)s1. The molecule has 0 atom stereocenters. The van der Waals surface area contributed by atoms with Crippen LogP contribution in [0.2, 0.25) is 0 Å². The maximum atomic E-state index is 10.6. The van der Waals surface area contributed by atoms with Crippen molar-refractivity contribution in [3.63, 3.8) is 0 Å². The summed E-state index contributed by atoms with van der Waals surface area (Å²) in [6.45, 7) is 0. The first-order valence-corrected chi connectivity index (χ1v) is 4.79. The van der Waals surface area contributed by atoms with Gasteiger partial charge in [0.15, 0.2) is 10.9 Å². The van der Waals surface area contributed by atoms with Gasteiger partial charge >= 0.3 is 5.97 Å². The number of nitrogens with zero attached hydrogens (tertiary/aromatic N) is 3. The zero-order valence-electron chi connectivity index (χ0n) is 7.41. The van der Waals surface area contributed by atoms with Gasteiger partial charge in [0.05, 0.1) is 12.4 Å². The summed E-state index contributed by atoms with van der Waals surface area (Å²) in [6.07, 6.45) is 5.91. The summed E-state index contributed by atoms with van der Waals surface area (Å²) in [4.78, 5) is 22.5. The minimum absolute atomic E-state index is 0.182. The van der Waals surface area contributed by atoms with Crippen molar-refractivity contribution < 1.29 is 9.90 Å². The van der Waals surface area contributed by atoms with Crippen molar-refractivity contribution >= 4 is 28.3 Å². The molecule has 0 unspecified atom stereocenters. The lowest BCUT2D eigenvalue weighted by Crippen LogP contribution is -1.92. The highest BCUT2D eigenvalue weighted by atomic mass is 32.1. The zero-order valence-corrected chi connectivity index (χ0v) is 8.23. The molecule has 0 amide bonds. The Labute approximate surface area is 88.7 Å². The number of thiazole rings is 1. The van der Waals surface area contributed by atoms with Gasteiger partial charge in [0.25, 0.3) is 0 Å². The molecule has 0 fully saturated rings. The number of rotatable bonds is 3. The number of carboxylic acid groups (broad SMARTS) is 1. The first-order valence-electron chi connectivity index (χ1n) is 3.98. The third-order valence-electron chi connectivity index (χ3n) is 1.51. The minimum atomic E-state index is -0.986. The monoisotopic (exact) mass is 222 g/mol. The molecule has 2 rings (SSSR count). The highest BCUT2D eigenvalue weighted by molar-refractivity contribution is 7.17. The van der Waals surface area contributed by atoms with E-state index in [0.29, 0.717) is 10.9 Å². The molecule has 0 aliphatic carbocycles. The molecule has 0 aliphatic rings. The van der Waals surface area contributed by atoms with Crippen molar-refractivity contribution in [3.8, 4) is 0 Å². The number of aromatic carboxylic acids is 1. The summed E-state index contributed by atoms with van der Waals surface area (Å²) >= 11 is 1.05. The van der Waals surface area contributed by atoms with Gasteiger partial charge in [0.1, 0.15) is 4.88 Å². The summed E-state index contributed by atoms with van der Waals surface area (Å²) in [5, 5.41) is 12.0. The standard InChI is InChI=1S/C8H6N4O2S/c13-7(14)5-3-11-8(15-5)12-6-4-9-1-2-10-6/h1-4H,(H,13,14)(H,10,11,12). The maximum absolute atomic E-state index is 10.6. The second-order valence-electron chi connectivity index (χ2n) is 2.55. The molecule has 2 aromatic heterocycles. The maximum Gasteiger partial charge on any atom is 0.347 e. The van der Waals surface area contributed by atoms with Crippen molar-refractivity contribution in [2.24, 2.45) is 0 Å². The third kappa shape index (κ3) is 2.26. The predicted octanol–water partition coefficient (Wildman–Crippen LogP) is 1.37. The quantitative estimate of drug-likeness (QED) is 0.815. The van der Waals surface area contributed by atoms with E-state index < -0.39 is 5.97 Å². The molecule has 2 N–H and O–H groups in total. The molecule has 0 spiro atoms. The number of aromatic nitrogens is 3. The second-order valence-corrected chi connectivity index (χ2v) is 3.58. The third-order valence-corrected chi connectivity index (χ3v) is 2.42. The predicted molar refractivity (Wildman–Crippen MR) is 54.4 cm³/mol. The Morgan fingerprint density at radius 3 is 2.80 bits per heavy atom. The van der Waals surface area contributed by atoms with E-state index in [9.17, 15) is 4.79 Å². The topological polar surface area (TPSA) is 88.0 Å². The molecule has 76 valence electrons. The lowest BCUT2D eigenvalue weighted by molar-refractivity contribution is 0.0702. The van der Waals surface area contributed by atoms with Crippen LogP contribution < -0.4 is 5.32 Å². The number of hydrogen-bond acceptors (Lipinski definition) is 6. The van der Waals surface area contributed by atoms with E-state index in [1.54, 1.807) is 6.20 Å². The van der Waals surface area contributed by atoms with Crippen LogP contribution in [0.4, 0.5) is 10.9 Å². The lowest BCUT2D eigenvalue weighted by atomic mass is 10.6. The molecule has 0 aromatic carbocycles. The smallest absolute Gasteiger partial charge is 0.347 e. The Morgan fingerprint density at radius 1 is 1.33 bits per heavy atom. The highest BCUT2D eigenvalue weighted by Gasteiger charge is 2.08. The Balaban J connectivity index is 2.15. The molecule has 2 aromatic rings. The van der Waals surface area contributed by atoms with Gasteiger partial charge in [0.2, 0.25) is 0 Å². The van der Waals surface area contributed by atoms with Crippen LogP contribution in [0.25, 0.3) is 0 Å². The van der Waals surface area contributed by atoms with Crippen molar-refractivity contribution in [2.75, 3.05) is 5.32 Å². The fourth-order valence-corrected chi connectivity index (χ4v) is 1.57. The summed E-state index contributed by atoms with van der Waals surface area (Å²) in [5.74, 6) is -0.455. The molecule has 15 heavy (non-hydrogen) atoms. The summed E-state index contributed by atoms with van der Waals surface area (Å²) < 4.78 is 0. The van der Waals surface area contributed by atoms with Gasteiger partial charge in [-0.2, -0.15) is 0 Å². The van der Waals surface area contributed by atoms with Gasteiger partial charge in [-0.1, -0.05) is 11.3 Å². The molecule has 0 saturated heterocycles. The van der Waals surface area contributed by atoms with E-state index in [0.717, 1.165) is 11.3 Å². The molecular formula is C8H6N4O2S. The molecule has 0 bridgehead atoms. The lowest BCUT2D eigenvalue weighted by Gasteiger charge is -1.97. The van der Waals surface area contributed by atoms with Crippen molar-refractivity contribution in [2.45, 2.75) is 0 Å². The van der Waals surface area contributed by atoms with Gasteiger partial charge in [-0.25, -0.2) is 14.8 Å². The number of anilines is 2. The van der Waals surface area contributed by atoms with Crippen LogP contribution in [0.3, 0.4) is 0 Å². The summed E-state index contributed by atoms with van der Waals surface area (Å²) in [6, 6.07) is 0. The van der Waals surface area contributed by atoms with E-state index >= 15 is 0 Å². The van der Waals surface area contributed by atoms with E-state index in [1.165, 1.54) is 18.6 Å². The van der Waals surface area contributed by atoms with Gasteiger partial charge in [-0.05, 0) is 0 Å².